The molecule has 1 aliphatic carbocycles. The Balaban J connectivity index is 1.28. The predicted molar refractivity (Wildman–Crippen MR) is 112 cm³/mol. The van der Waals surface area contributed by atoms with E-state index in [9.17, 15) is 4.79 Å². The van der Waals surface area contributed by atoms with Crippen molar-refractivity contribution in [2.75, 3.05) is 36.4 Å². The minimum Gasteiger partial charge on any atom is -0.354 e. The molecule has 3 heterocycles. The smallest absolute Gasteiger partial charge is 0.275 e. The average molecular weight is 391 g/mol. The molecule has 2 aliphatic rings. The van der Waals surface area contributed by atoms with Gasteiger partial charge in [0.15, 0.2) is 0 Å². The number of aromatic nitrogens is 4. The first kappa shape index (κ1) is 18.1. The van der Waals surface area contributed by atoms with E-state index in [2.05, 4.69) is 35.5 Å². The Bertz CT molecular complexity index is 1000. The second-order valence-corrected chi connectivity index (χ2v) is 7.79. The first-order chi connectivity index (χ1) is 14.3. The summed E-state index contributed by atoms with van der Waals surface area (Å²) in [4.78, 5) is 31.7. The van der Waals surface area contributed by atoms with Crippen LogP contribution in [-0.2, 0) is 0 Å². The molecule has 150 valence electrons. The van der Waals surface area contributed by atoms with Gasteiger partial charge in [-0.15, -0.1) is 0 Å². The summed E-state index contributed by atoms with van der Waals surface area (Å²) in [6.07, 6.45) is 7.98. The van der Waals surface area contributed by atoms with E-state index >= 15 is 0 Å². The van der Waals surface area contributed by atoms with E-state index < -0.39 is 0 Å². The fourth-order valence-electron chi connectivity index (χ4n) is 3.85. The lowest BCUT2D eigenvalue weighted by atomic mass is 9.85. The highest BCUT2D eigenvalue weighted by Crippen LogP contribution is 2.35. The maximum Gasteiger partial charge on any atom is 0.275 e. The van der Waals surface area contributed by atoms with Gasteiger partial charge in [-0.05, 0) is 44.0 Å². The van der Waals surface area contributed by atoms with Gasteiger partial charge in [0, 0.05) is 31.2 Å². The molecule has 0 unspecified atom stereocenters. The predicted octanol–water partition coefficient (Wildman–Crippen LogP) is 2.67. The first-order valence-electron chi connectivity index (χ1n) is 10.3. The third-order valence-electron chi connectivity index (χ3n) is 5.78. The summed E-state index contributed by atoms with van der Waals surface area (Å²) in [5.74, 6) is 2.15. The Kier molecular flexibility index (Phi) is 4.85. The molecule has 1 saturated carbocycles. The fourth-order valence-corrected chi connectivity index (χ4v) is 3.85. The quantitative estimate of drug-likeness (QED) is 0.632. The monoisotopic (exact) mass is 391 g/mol. The minimum atomic E-state index is -0.264. The Morgan fingerprint density at radius 1 is 1.10 bits per heavy atom. The molecule has 1 aliphatic heterocycles. The van der Waals surface area contributed by atoms with Crippen molar-refractivity contribution in [3.05, 3.63) is 42.1 Å². The van der Waals surface area contributed by atoms with Gasteiger partial charge in [0.05, 0.1) is 23.4 Å². The summed E-state index contributed by atoms with van der Waals surface area (Å²) in [6, 6.07) is 5.73. The number of imidazole rings is 1. The van der Waals surface area contributed by atoms with Gasteiger partial charge < -0.3 is 20.5 Å². The van der Waals surface area contributed by atoms with Crippen molar-refractivity contribution >= 4 is 28.4 Å². The van der Waals surface area contributed by atoms with Gasteiger partial charge in [-0.3, -0.25) is 4.79 Å². The molecule has 8 heteroatoms. The van der Waals surface area contributed by atoms with E-state index in [1.165, 1.54) is 19.3 Å². The van der Waals surface area contributed by atoms with Crippen LogP contribution in [0.3, 0.4) is 0 Å². The highest BCUT2D eigenvalue weighted by atomic mass is 16.1. The maximum absolute atomic E-state index is 12.6. The molecule has 1 saturated heterocycles. The van der Waals surface area contributed by atoms with Gasteiger partial charge in [0.25, 0.3) is 5.91 Å². The molecule has 5 rings (SSSR count). The number of hydrogen-bond acceptors (Lipinski definition) is 6. The average Bonchev–Trinajstić information content (AvgIpc) is 2.91. The van der Waals surface area contributed by atoms with E-state index in [4.69, 9.17) is 0 Å². The summed E-state index contributed by atoms with van der Waals surface area (Å²) in [5, 5.41) is 6.28. The number of carbonyl (C=O) groups is 1. The lowest BCUT2D eigenvalue weighted by Crippen LogP contribution is -2.29. The largest absolute Gasteiger partial charge is 0.354 e. The van der Waals surface area contributed by atoms with E-state index in [0.717, 1.165) is 61.0 Å². The summed E-state index contributed by atoms with van der Waals surface area (Å²) in [5.41, 5.74) is 2.90. The first-order valence-corrected chi connectivity index (χ1v) is 10.3. The van der Waals surface area contributed by atoms with Gasteiger partial charge in [0.2, 0.25) is 0 Å². The van der Waals surface area contributed by atoms with Gasteiger partial charge in [-0.25, -0.2) is 15.0 Å². The highest BCUT2D eigenvalue weighted by molar-refractivity contribution is 6.03. The standard InChI is InChI=1S/C21H25N7O/c29-21(18-12-24-19(13-23-18)28-9-2-7-22-8-10-28)25-15-5-6-16-17(11-15)27-20(26-16)14-3-1-4-14/h5-6,11-14,22H,1-4,7-10H2,(H,25,29)(H,26,27). The van der Waals surface area contributed by atoms with Crippen LogP contribution in [0.1, 0.15) is 47.9 Å². The third-order valence-corrected chi connectivity index (χ3v) is 5.78. The zero-order chi connectivity index (χ0) is 19.6. The second kappa shape index (κ2) is 7.79. The topological polar surface area (TPSA) is 98.8 Å². The molecule has 29 heavy (non-hydrogen) atoms. The molecular weight excluding hydrogens is 366 g/mol. The van der Waals surface area contributed by atoms with Crippen molar-refractivity contribution < 1.29 is 4.79 Å². The summed E-state index contributed by atoms with van der Waals surface area (Å²) in [7, 11) is 0. The van der Waals surface area contributed by atoms with Crippen molar-refractivity contribution in [3.63, 3.8) is 0 Å². The molecule has 2 fully saturated rings. The van der Waals surface area contributed by atoms with Crippen LogP contribution in [-0.4, -0.2) is 52.0 Å². The molecule has 1 amide bonds. The van der Waals surface area contributed by atoms with Crippen molar-refractivity contribution in [3.8, 4) is 0 Å². The van der Waals surface area contributed by atoms with Crippen LogP contribution in [0, 0.1) is 0 Å². The molecule has 8 nitrogen and oxygen atoms in total. The van der Waals surface area contributed by atoms with Gasteiger partial charge in [-0.1, -0.05) is 6.42 Å². The van der Waals surface area contributed by atoms with E-state index in [-0.39, 0.29) is 5.91 Å². The van der Waals surface area contributed by atoms with Crippen molar-refractivity contribution in [1.82, 2.24) is 25.3 Å². The number of anilines is 2. The molecule has 0 bridgehead atoms. The Morgan fingerprint density at radius 2 is 2.03 bits per heavy atom. The third kappa shape index (κ3) is 3.80. The van der Waals surface area contributed by atoms with E-state index in [0.29, 0.717) is 11.6 Å². The Morgan fingerprint density at radius 3 is 2.83 bits per heavy atom. The number of H-pyrrole nitrogens is 1. The molecule has 3 N–H and O–H groups in total. The minimum absolute atomic E-state index is 0.264. The number of aromatic amines is 1. The number of fused-ring (bicyclic) bond motifs is 1. The van der Waals surface area contributed by atoms with Crippen LogP contribution in [0.15, 0.2) is 30.6 Å². The number of nitrogens with one attached hydrogen (secondary N) is 3. The second-order valence-electron chi connectivity index (χ2n) is 7.79. The number of carbonyl (C=O) groups excluding carboxylic acids is 1. The lowest BCUT2D eigenvalue weighted by molar-refractivity contribution is 0.102. The molecule has 2 aromatic heterocycles. The van der Waals surface area contributed by atoms with Gasteiger partial charge in [0.1, 0.15) is 17.3 Å². The molecule has 3 aromatic rings. The number of amides is 1. The normalized spacial score (nSPS) is 17.7. The Labute approximate surface area is 169 Å². The summed E-state index contributed by atoms with van der Waals surface area (Å²) in [6.45, 7) is 3.79. The van der Waals surface area contributed by atoms with E-state index in [1.54, 1.807) is 12.4 Å². The maximum atomic E-state index is 12.6. The van der Waals surface area contributed by atoms with Crippen LogP contribution in [0.4, 0.5) is 11.5 Å². The fraction of sp³-hybridized carbons (Fsp3) is 0.429. The summed E-state index contributed by atoms with van der Waals surface area (Å²) < 4.78 is 0. The van der Waals surface area contributed by atoms with Crippen molar-refractivity contribution in [2.24, 2.45) is 0 Å². The molecule has 0 atom stereocenters. The molecular formula is C21H25N7O. The van der Waals surface area contributed by atoms with Crippen LogP contribution >= 0.6 is 0 Å². The number of benzene rings is 1. The zero-order valence-corrected chi connectivity index (χ0v) is 16.3. The zero-order valence-electron chi connectivity index (χ0n) is 16.3. The molecule has 1 aromatic carbocycles. The van der Waals surface area contributed by atoms with Crippen LogP contribution in [0.2, 0.25) is 0 Å². The van der Waals surface area contributed by atoms with Crippen molar-refractivity contribution in [1.29, 1.82) is 0 Å². The van der Waals surface area contributed by atoms with Gasteiger partial charge >= 0.3 is 0 Å². The number of nitrogens with zero attached hydrogens (tertiary/aromatic N) is 4. The number of rotatable bonds is 4. The van der Waals surface area contributed by atoms with E-state index in [1.807, 2.05) is 18.2 Å². The highest BCUT2D eigenvalue weighted by Gasteiger charge is 2.22. The van der Waals surface area contributed by atoms with Gasteiger partial charge in [-0.2, -0.15) is 0 Å². The molecule has 0 radical (unpaired) electrons. The van der Waals surface area contributed by atoms with Crippen molar-refractivity contribution in [2.45, 2.75) is 31.6 Å². The summed E-state index contributed by atoms with van der Waals surface area (Å²) >= 11 is 0. The molecule has 0 spiro atoms. The van der Waals surface area contributed by atoms with Crippen LogP contribution in [0.25, 0.3) is 11.0 Å². The van der Waals surface area contributed by atoms with Crippen LogP contribution < -0.4 is 15.5 Å². The lowest BCUT2D eigenvalue weighted by Gasteiger charge is -2.22. The van der Waals surface area contributed by atoms with Crippen LogP contribution in [0.5, 0.6) is 0 Å². The number of hydrogen-bond donors (Lipinski definition) is 3. The SMILES string of the molecule is O=C(Nc1ccc2nc(C3CCC3)[nH]c2c1)c1cnc(N2CCCNCC2)cn1. The Hall–Kier alpha value is -3.00.